The second-order valence-corrected chi connectivity index (χ2v) is 10.9. The van der Waals surface area contributed by atoms with Gasteiger partial charge in [0, 0.05) is 16.8 Å². The van der Waals surface area contributed by atoms with Crippen molar-refractivity contribution >= 4 is 39.2 Å². The first kappa shape index (κ1) is 23.7. The van der Waals surface area contributed by atoms with Gasteiger partial charge in [-0.1, -0.05) is 43.0 Å². The minimum Gasteiger partial charge on any atom is -0.455 e. The summed E-state index contributed by atoms with van der Waals surface area (Å²) >= 11 is 6.19. The number of primary sulfonamides is 1. The molecule has 1 saturated carbocycles. The zero-order valence-corrected chi connectivity index (χ0v) is 20.0. The first-order chi connectivity index (χ1) is 15.6. The number of amides is 1. The molecule has 2 N–H and O–H groups in total. The van der Waals surface area contributed by atoms with E-state index in [1.54, 1.807) is 23.1 Å². The van der Waals surface area contributed by atoms with Crippen molar-refractivity contribution < 1.29 is 22.7 Å². The van der Waals surface area contributed by atoms with Crippen LogP contribution in [0.3, 0.4) is 0 Å². The van der Waals surface area contributed by atoms with Crippen LogP contribution in [0.2, 0.25) is 5.02 Å². The maximum atomic E-state index is 13.3. The molecule has 1 aliphatic heterocycles. The molecule has 0 unspecified atom stereocenters. The molecule has 0 radical (unpaired) electrons. The zero-order chi connectivity index (χ0) is 23.8. The average molecular weight is 491 g/mol. The van der Waals surface area contributed by atoms with Gasteiger partial charge in [0.05, 0.1) is 10.3 Å². The lowest BCUT2D eigenvalue weighted by Gasteiger charge is -2.35. The molecule has 9 heteroatoms. The number of fused-ring (bicyclic) bond motifs is 1. The van der Waals surface area contributed by atoms with Crippen molar-refractivity contribution in [1.82, 2.24) is 0 Å². The van der Waals surface area contributed by atoms with Crippen LogP contribution in [0.15, 0.2) is 47.4 Å². The van der Waals surface area contributed by atoms with Gasteiger partial charge in [-0.3, -0.25) is 9.59 Å². The van der Waals surface area contributed by atoms with E-state index in [4.69, 9.17) is 21.5 Å². The Balaban J connectivity index is 1.52. The van der Waals surface area contributed by atoms with Gasteiger partial charge in [-0.25, -0.2) is 13.6 Å². The second kappa shape index (κ2) is 9.08. The molecule has 7 nitrogen and oxygen atoms in total. The highest BCUT2D eigenvalue weighted by molar-refractivity contribution is 7.89. The van der Waals surface area contributed by atoms with Crippen molar-refractivity contribution in [1.29, 1.82) is 0 Å². The highest BCUT2D eigenvalue weighted by Crippen LogP contribution is 2.41. The van der Waals surface area contributed by atoms with E-state index in [-0.39, 0.29) is 23.5 Å². The van der Waals surface area contributed by atoms with Crippen LogP contribution < -0.4 is 10.0 Å². The topological polar surface area (TPSA) is 107 Å². The number of anilines is 1. The molecule has 2 aromatic rings. The number of ether oxygens (including phenoxy) is 1. The van der Waals surface area contributed by atoms with E-state index in [2.05, 4.69) is 0 Å². The van der Waals surface area contributed by atoms with Crippen LogP contribution in [0.1, 0.15) is 50.2 Å². The normalized spacial score (nSPS) is 19.7. The van der Waals surface area contributed by atoms with Crippen LogP contribution in [0, 0.1) is 0 Å². The zero-order valence-electron chi connectivity index (χ0n) is 18.4. The summed E-state index contributed by atoms with van der Waals surface area (Å²) in [6.45, 7) is 1.48. The minimum absolute atomic E-state index is 0.00920. The van der Waals surface area contributed by atoms with Gasteiger partial charge in [0.25, 0.3) is 5.91 Å². The number of nitrogens with two attached hydrogens (primary N) is 1. The lowest BCUT2D eigenvalue weighted by Crippen LogP contribution is -2.43. The molecule has 1 amide bonds. The fourth-order valence-electron chi connectivity index (χ4n) is 5.05. The van der Waals surface area contributed by atoms with Gasteiger partial charge in [0.2, 0.25) is 10.0 Å². The average Bonchev–Trinajstić information content (AvgIpc) is 3.12. The maximum Gasteiger partial charge on any atom is 0.317 e. The number of halogens is 1. The summed E-state index contributed by atoms with van der Waals surface area (Å²) in [5.74, 6) is -0.760. The van der Waals surface area contributed by atoms with Crippen molar-refractivity contribution in [2.75, 3.05) is 11.5 Å². The van der Waals surface area contributed by atoms with Crippen molar-refractivity contribution in [3.05, 3.63) is 58.6 Å². The molecule has 33 heavy (non-hydrogen) atoms. The summed E-state index contributed by atoms with van der Waals surface area (Å²) in [6.07, 6.45) is 4.65. The fraction of sp³-hybridized carbons (Fsp3) is 0.417. The van der Waals surface area contributed by atoms with Gasteiger partial charge in [-0.2, -0.15) is 0 Å². The van der Waals surface area contributed by atoms with Gasteiger partial charge < -0.3 is 9.64 Å². The number of nitrogens with zero attached hydrogens (tertiary/aromatic N) is 1. The van der Waals surface area contributed by atoms with Crippen LogP contribution in [-0.4, -0.2) is 32.9 Å². The first-order valence-electron chi connectivity index (χ1n) is 11.0. The number of benzene rings is 2. The number of carbonyl (C=O) groups excluding carboxylic acids is 2. The third-order valence-corrected chi connectivity index (χ3v) is 7.81. The highest BCUT2D eigenvalue weighted by atomic mass is 35.5. The minimum atomic E-state index is -3.83. The molecule has 176 valence electrons. The lowest BCUT2D eigenvalue weighted by molar-refractivity contribution is -0.155. The van der Waals surface area contributed by atoms with Gasteiger partial charge in [-0.05, 0) is 67.6 Å². The molecule has 0 saturated heterocycles. The van der Waals surface area contributed by atoms with E-state index in [0.717, 1.165) is 30.4 Å². The Bertz CT molecular complexity index is 1190. The number of esters is 1. The van der Waals surface area contributed by atoms with Gasteiger partial charge in [0.15, 0.2) is 6.61 Å². The molecule has 2 aromatic carbocycles. The summed E-state index contributed by atoms with van der Waals surface area (Å²) in [4.78, 5) is 28.0. The van der Waals surface area contributed by atoms with E-state index in [1.165, 1.54) is 12.1 Å². The summed E-state index contributed by atoms with van der Waals surface area (Å²) in [7, 11) is -3.83. The Morgan fingerprint density at radius 1 is 1.15 bits per heavy atom. The first-order valence-corrected chi connectivity index (χ1v) is 13.0. The molecule has 4 rings (SSSR count). The second-order valence-electron chi connectivity index (χ2n) is 8.88. The SMILES string of the molecule is C[C@@H]1Cc2cc(S(N)(=O)=O)ccc2N1C(=O)COC(=O)C1(c2cccc(Cl)c2)CCCCC1. The number of sulfonamides is 1. The Hall–Kier alpha value is -2.42. The monoisotopic (exact) mass is 490 g/mol. The number of rotatable bonds is 5. The standard InChI is InChI=1S/C24H27ClN2O5S/c1-16-12-17-13-20(33(26,30)31)8-9-21(17)27(16)22(28)15-32-23(29)24(10-3-2-4-11-24)18-6-5-7-19(25)14-18/h5-9,13-14,16H,2-4,10-12,15H2,1H3,(H2,26,30,31)/t16-/m1/s1. The van der Waals surface area contributed by atoms with E-state index >= 15 is 0 Å². The van der Waals surface area contributed by atoms with E-state index in [0.29, 0.717) is 30.0 Å². The molecule has 0 aromatic heterocycles. The van der Waals surface area contributed by atoms with Crippen LogP contribution in [0.4, 0.5) is 5.69 Å². The summed E-state index contributed by atoms with van der Waals surface area (Å²) in [5, 5.41) is 5.79. The molecule has 0 spiro atoms. The van der Waals surface area contributed by atoms with Crippen LogP contribution in [-0.2, 0) is 36.2 Å². The van der Waals surface area contributed by atoms with Crippen molar-refractivity contribution in [2.24, 2.45) is 5.14 Å². The molecule has 2 aliphatic rings. The largest absolute Gasteiger partial charge is 0.455 e. The van der Waals surface area contributed by atoms with Crippen molar-refractivity contribution in [3.8, 4) is 0 Å². The fourth-order valence-corrected chi connectivity index (χ4v) is 5.81. The van der Waals surface area contributed by atoms with E-state index < -0.39 is 21.4 Å². The predicted octanol–water partition coefficient (Wildman–Crippen LogP) is 3.71. The Morgan fingerprint density at radius 2 is 1.88 bits per heavy atom. The van der Waals surface area contributed by atoms with Crippen LogP contribution in [0.5, 0.6) is 0 Å². The molecular formula is C24H27ClN2O5S. The maximum absolute atomic E-state index is 13.3. The molecule has 0 bridgehead atoms. The smallest absolute Gasteiger partial charge is 0.317 e. The molecule has 1 heterocycles. The van der Waals surface area contributed by atoms with E-state index in [9.17, 15) is 18.0 Å². The predicted molar refractivity (Wildman–Crippen MR) is 126 cm³/mol. The number of carbonyl (C=O) groups is 2. The number of hydrogen-bond donors (Lipinski definition) is 1. The van der Waals surface area contributed by atoms with Crippen molar-refractivity contribution in [3.63, 3.8) is 0 Å². The third kappa shape index (κ3) is 4.65. The summed E-state index contributed by atoms with van der Waals surface area (Å²) in [5.41, 5.74) is 1.35. The molecule has 1 aliphatic carbocycles. The quantitative estimate of drug-likeness (QED) is 0.643. The van der Waals surface area contributed by atoms with Crippen LogP contribution >= 0.6 is 11.6 Å². The summed E-state index contributed by atoms with van der Waals surface area (Å²) < 4.78 is 28.9. The highest BCUT2D eigenvalue weighted by Gasteiger charge is 2.43. The summed E-state index contributed by atoms with van der Waals surface area (Å²) in [6, 6.07) is 11.5. The molecule has 1 atom stereocenters. The Morgan fingerprint density at radius 3 is 2.55 bits per heavy atom. The third-order valence-electron chi connectivity index (χ3n) is 6.67. The Kier molecular flexibility index (Phi) is 6.53. The van der Waals surface area contributed by atoms with Gasteiger partial charge in [-0.15, -0.1) is 0 Å². The lowest BCUT2D eigenvalue weighted by atomic mass is 9.69. The van der Waals surface area contributed by atoms with Crippen molar-refractivity contribution in [2.45, 2.75) is 61.8 Å². The van der Waals surface area contributed by atoms with E-state index in [1.807, 2.05) is 19.1 Å². The van der Waals surface area contributed by atoms with Gasteiger partial charge >= 0.3 is 5.97 Å². The number of hydrogen-bond acceptors (Lipinski definition) is 5. The molecule has 1 fully saturated rings. The Labute approximate surface area is 198 Å². The molecular weight excluding hydrogens is 464 g/mol. The van der Waals surface area contributed by atoms with Crippen LogP contribution in [0.25, 0.3) is 0 Å². The van der Waals surface area contributed by atoms with Gasteiger partial charge in [0.1, 0.15) is 0 Å².